The highest BCUT2D eigenvalue weighted by molar-refractivity contribution is 5.70. The first-order valence-electron chi connectivity index (χ1n) is 7.58. The molecule has 9 heteroatoms. The Morgan fingerprint density at radius 1 is 1.00 bits per heavy atom. The number of hydrogen-bond acceptors (Lipinski definition) is 9. The third kappa shape index (κ3) is 8.82. The lowest BCUT2D eigenvalue weighted by Gasteiger charge is -2.21. The van der Waals surface area contributed by atoms with E-state index in [1.165, 1.54) is 0 Å². The van der Waals surface area contributed by atoms with Crippen LogP contribution in [0, 0.1) is 0 Å². The molecule has 2 fully saturated rings. The number of carbonyl (C=O) groups excluding carboxylic acids is 2. The minimum atomic E-state index is -2.66. The summed E-state index contributed by atoms with van der Waals surface area (Å²) in [6, 6.07) is 0. The minimum Gasteiger partial charge on any atom is -0.463 e. The SMILES string of the molecule is O=C(CCCCC(=O)OC(O)(O)COCC1CO1)OCC1CO1. The summed E-state index contributed by atoms with van der Waals surface area (Å²) in [5, 5.41) is 18.9. The maximum Gasteiger partial charge on any atom is 0.348 e. The van der Waals surface area contributed by atoms with Gasteiger partial charge in [0.25, 0.3) is 0 Å². The lowest BCUT2D eigenvalue weighted by atomic mass is 10.2. The molecular formula is C14H22O9. The summed E-state index contributed by atoms with van der Waals surface area (Å²) in [5.41, 5.74) is 0. The quantitative estimate of drug-likeness (QED) is 0.202. The Bertz CT molecular complexity index is 401. The van der Waals surface area contributed by atoms with Gasteiger partial charge in [-0.25, -0.2) is 0 Å². The van der Waals surface area contributed by atoms with Crippen LogP contribution in [0.5, 0.6) is 0 Å². The van der Waals surface area contributed by atoms with Gasteiger partial charge in [0.2, 0.25) is 0 Å². The molecule has 0 aromatic heterocycles. The second-order valence-corrected chi connectivity index (χ2v) is 5.53. The van der Waals surface area contributed by atoms with Gasteiger partial charge in [-0.15, -0.1) is 0 Å². The van der Waals surface area contributed by atoms with Crippen molar-refractivity contribution < 1.29 is 43.5 Å². The number of ether oxygens (including phenoxy) is 5. The molecule has 2 unspecified atom stereocenters. The smallest absolute Gasteiger partial charge is 0.348 e. The number of unbranched alkanes of at least 4 members (excludes halogenated alkanes) is 1. The van der Waals surface area contributed by atoms with Crippen LogP contribution in [-0.4, -0.2) is 73.4 Å². The van der Waals surface area contributed by atoms with Crippen molar-refractivity contribution in [1.29, 1.82) is 0 Å². The van der Waals surface area contributed by atoms with Crippen LogP contribution < -0.4 is 0 Å². The van der Waals surface area contributed by atoms with E-state index >= 15 is 0 Å². The molecule has 23 heavy (non-hydrogen) atoms. The maximum absolute atomic E-state index is 11.5. The van der Waals surface area contributed by atoms with Gasteiger partial charge in [0.15, 0.2) is 0 Å². The van der Waals surface area contributed by atoms with E-state index in [1.54, 1.807) is 0 Å². The van der Waals surface area contributed by atoms with Crippen molar-refractivity contribution in [2.75, 3.05) is 33.0 Å². The van der Waals surface area contributed by atoms with Gasteiger partial charge in [-0.2, -0.15) is 0 Å². The fourth-order valence-electron chi connectivity index (χ4n) is 1.71. The maximum atomic E-state index is 11.5. The molecule has 2 aliphatic heterocycles. The summed E-state index contributed by atoms with van der Waals surface area (Å²) in [4.78, 5) is 22.8. The lowest BCUT2D eigenvalue weighted by Crippen LogP contribution is -2.40. The van der Waals surface area contributed by atoms with Crippen LogP contribution in [-0.2, 0) is 33.3 Å². The zero-order chi connectivity index (χ0) is 16.7. The second kappa shape index (κ2) is 8.55. The number of hydrogen-bond donors (Lipinski definition) is 2. The van der Waals surface area contributed by atoms with Crippen LogP contribution in [0.4, 0.5) is 0 Å². The van der Waals surface area contributed by atoms with Crippen molar-refractivity contribution >= 4 is 11.9 Å². The molecule has 0 aromatic carbocycles. The van der Waals surface area contributed by atoms with E-state index < -0.39 is 18.5 Å². The van der Waals surface area contributed by atoms with Gasteiger partial charge in [-0.3, -0.25) is 9.59 Å². The Morgan fingerprint density at radius 3 is 2.17 bits per heavy atom. The monoisotopic (exact) mass is 334 g/mol. The normalized spacial score (nSPS) is 22.5. The fraction of sp³-hybridized carbons (Fsp3) is 0.857. The van der Waals surface area contributed by atoms with E-state index in [-0.39, 0.29) is 44.2 Å². The molecular weight excluding hydrogens is 312 g/mol. The van der Waals surface area contributed by atoms with Crippen molar-refractivity contribution in [2.45, 2.75) is 43.9 Å². The summed E-state index contributed by atoms with van der Waals surface area (Å²) in [5.74, 6) is -3.78. The van der Waals surface area contributed by atoms with E-state index in [0.29, 0.717) is 26.1 Å². The first-order valence-corrected chi connectivity index (χ1v) is 7.58. The molecule has 132 valence electrons. The zero-order valence-corrected chi connectivity index (χ0v) is 12.8. The molecule has 0 spiro atoms. The van der Waals surface area contributed by atoms with Gasteiger partial charge < -0.3 is 33.9 Å². The van der Waals surface area contributed by atoms with Crippen LogP contribution >= 0.6 is 0 Å². The van der Waals surface area contributed by atoms with Gasteiger partial charge >= 0.3 is 17.9 Å². The average Bonchev–Trinajstić information content (AvgIpc) is 3.34. The fourth-order valence-corrected chi connectivity index (χ4v) is 1.71. The second-order valence-electron chi connectivity index (χ2n) is 5.53. The number of esters is 2. The number of aliphatic hydroxyl groups is 2. The van der Waals surface area contributed by atoms with Crippen molar-refractivity contribution in [3.05, 3.63) is 0 Å². The van der Waals surface area contributed by atoms with Gasteiger partial charge in [-0.05, 0) is 12.8 Å². The predicted molar refractivity (Wildman–Crippen MR) is 73.0 cm³/mol. The van der Waals surface area contributed by atoms with Crippen molar-refractivity contribution in [3.63, 3.8) is 0 Å². The summed E-state index contributed by atoms with van der Waals surface area (Å²) < 4.78 is 24.2. The van der Waals surface area contributed by atoms with Crippen LogP contribution in [0.3, 0.4) is 0 Å². The van der Waals surface area contributed by atoms with Crippen molar-refractivity contribution in [2.24, 2.45) is 0 Å². The summed E-state index contributed by atoms with van der Waals surface area (Å²) in [7, 11) is 0. The molecule has 9 nitrogen and oxygen atoms in total. The van der Waals surface area contributed by atoms with E-state index in [2.05, 4.69) is 4.74 Å². The van der Waals surface area contributed by atoms with Gasteiger partial charge in [0, 0.05) is 12.8 Å². The Labute approximate surface area is 133 Å². The number of rotatable bonds is 12. The Balaban J connectivity index is 1.46. The molecule has 2 saturated heterocycles. The summed E-state index contributed by atoms with van der Waals surface area (Å²) >= 11 is 0. The zero-order valence-electron chi connectivity index (χ0n) is 12.8. The van der Waals surface area contributed by atoms with Crippen molar-refractivity contribution in [1.82, 2.24) is 0 Å². The molecule has 2 heterocycles. The van der Waals surface area contributed by atoms with Gasteiger partial charge in [0.1, 0.15) is 25.4 Å². The first kappa shape index (κ1) is 18.1. The molecule has 0 saturated carbocycles. The average molecular weight is 334 g/mol. The Kier molecular flexibility index (Phi) is 6.72. The molecule has 2 atom stereocenters. The highest BCUT2D eigenvalue weighted by Gasteiger charge is 2.31. The number of epoxide rings is 2. The molecule has 0 aromatic rings. The molecule has 0 bridgehead atoms. The lowest BCUT2D eigenvalue weighted by molar-refractivity contribution is -0.337. The van der Waals surface area contributed by atoms with Crippen LogP contribution in [0.2, 0.25) is 0 Å². The minimum absolute atomic E-state index is 0.0206. The summed E-state index contributed by atoms with van der Waals surface area (Å²) in [6.45, 7) is 1.15. The van der Waals surface area contributed by atoms with E-state index in [0.717, 1.165) is 0 Å². The molecule has 2 rings (SSSR count). The van der Waals surface area contributed by atoms with E-state index in [9.17, 15) is 19.8 Å². The summed E-state index contributed by atoms with van der Waals surface area (Å²) in [6.07, 6.45) is 0.985. The van der Waals surface area contributed by atoms with Crippen LogP contribution in [0.25, 0.3) is 0 Å². The standard InChI is InChI=1S/C14H22O9/c15-12(22-8-11-7-21-11)3-1-2-4-13(16)23-14(17,18)9-19-5-10-6-20-10/h10-11,17-18H,1-9H2. The third-order valence-electron chi connectivity index (χ3n) is 3.12. The molecule has 2 aliphatic rings. The van der Waals surface area contributed by atoms with Crippen molar-refractivity contribution in [3.8, 4) is 0 Å². The van der Waals surface area contributed by atoms with Gasteiger partial charge in [-0.1, -0.05) is 0 Å². The molecule has 0 radical (unpaired) electrons. The predicted octanol–water partition coefficient (Wildman–Crippen LogP) is -0.914. The molecule has 0 aliphatic carbocycles. The first-order chi connectivity index (χ1) is 10.9. The van der Waals surface area contributed by atoms with E-state index in [1.807, 2.05) is 0 Å². The number of carbonyl (C=O) groups is 2. The Morgan fingerprint density at radius 2 is 1.57 bits per heavy atom. The highest BCUT2D eigenvalue weighted by Crippen LogP contribution is 2.13. The molecule has 2 N–H and O–H groups in total. The largest absolute Gasteiger partial charge is 0.463 e. The Hall–Kier alpha value is -1.26. The van der Waals surface area contributed by atoms with Crippen LogP contribution in [0.1, 0.15) is 25.7 Å². The highest BCUT2D eigenvalue weighted by atomic mass is 16.8. The van der Waals surface area contributed by atoms with E-state index in [4.69, 9.17) is 18.9 Å². The van der Waals surface area contributed by atoms with Crippen LogP contribution in [0.15, 0.2) is 0 Å². The molecule has 0 amide bonds. The van der Waals surface area contributed by atoms with Gasteiger partial charge in [0.05, 0.1) is 19.8 Å². The third-order valence-corrected chi connectivity index (χ3v) is 3.12. The topological polar surface area (TPSA) is 127 Å².